The number of H-pyrrole nitrogens is 1. The number of benzene rings is 1. The highest BCUT2D eigenvalue weighted by Gasteiger charge is 2.24. The maximum absolute atomic E-state index is 12.8. The zero-order valence-electron chi connectivity index (χ0n) is 19.6. The highest BCUT2D eigenvalue weighted by atomic mass is 32.2. The lowest BCUT2D eigenvalue weighted by atomic mass is 10.2. The molecule has 10 heteroatoms. The van der Waals surface area contributed by atoms with Crippen molar-refractivity contribution in [3.05, 3.63) is 50.9 Å². The summed E-state index contributed by atoms with van der Waals surface area (Å²) in [5, 5.41) is 10.4. The largest absolute Gasteiger partial charge is 0.497 e. The number of methoxy groups -OCH3 is 1. The highest BCUT2D eigenvalue weighted by molar-refractivity contribution is 7.99. The third-order valence-corrected chi connectivity index (χ3v) is 8.39. The molecular weight excluding hydrogens is 470 g/mol. The van der Waals surface area contributed by atoms with E-state index >= 15 is 0 Å². The van der Waals surface area contributed by atoms with Gasteiger partial charge in [-0.15, -0.1) is 21.5 Å². The Morgan fingerprint density at radius 2 is 2.09 bits per heavy atom. The fourth-order valence-corrected chi connectivity index (χ4v) is 6.12. The molecule has 1 aliphatic rings. The van der Waals surface area contributed by atoms with E-state index in [0.717, 1.165) is 57.0 Å². The van der Waals surface area contributed by atoms with Crippen LogP contribution in [0.4, 0.5) is 0 Å². The Bertz CT molecular complexity index is 1370. The van der Waals surface area contributed by atoms with Gasteiger partial charge in [-0.25, -0.2) is 4.98 Å². The van der Waals surface area contributed by atoms with E-state index < -0.39 is 0 Å². The molecule has 0 radical (unpaired) electrons. The Kier molecular flexibility index (Phi) is 6.46. The van der Waals surface area contributed by atoms with Gasteiger partial charge in [0, 0.05) is 17.0 Å². The maximum atomic E-state index is 12.8. The molecule has 1 N–H and O–H groups in total. The first-order valence-corrected chi connectivity index (χ1v) is 13.0. The summed E-state index contributed by atoms with van der Waals surface area (Å²) in [5.74, 6) is 2.22. The van der Waals surface area contributed by atoms with Crippen molar-refractivity contribution in [2.75, 3.05) is 13.7 Å². The zero-order valence-corrected chi connectivity index (χ0v) is 21.3. The topological polar surface area (TPSA) is 94.9 Å². The summed E-state index contributed by atoms with van der Waals surface area (Å²) in [5.41, 5.74) is 1.87. The third kappa shape index (κ3) is 4.37. The molecule has 0 bridgehead atoms. The van der Waals surface area contributed by atoms with Crippen molar-refractivity contribution in [1.29, 1.82) is 0 Å². The molecule has 3 aromatic heterocycles. The normalized spacial score (nSPS) is 16.9. The number of aromatic nitrogens is 5. The lowest BCUT2D eigenvalue weighted by Crippen LogP contribution is -2.17. The van der Waals surface area contributed by atoms with Crippen LogP contribution in [0.2, 0.25) is 0 Å². The smallest absolute Gasteiger partial charge is 0.259 e. The molecule has 4 aromatic rings. The Hall–Kier alpha value is -2.69. The summed E-state index contributed by atoms with van der Waals surface area (Å²) in [6, 6.07) is 7.82. The van der Waals surface area contributed by atoms with E-state index in [1.807, 2.05) is 45.0 Å². The molecule has 1 fully saturated rings. The van der Waals surface area contributed by atoms with E-state index in [1.165, 1.54) is 11.8 Å². The average Bonchev–Trinajstić information content (AvgIpc) is 3.55. The first-order valence-electron chi connectivity index (χ1n) is 11.3. The molecule has 2 atom stereocenters. The van der Waals surface area contributed by atoms with Gasteiger partial charge in [0.05, 0.1) is 30.4 Å². The molecule has 4 heterocycles. The van der Waals surface area contributed by atoms with E-state index in [2.05, 4.69) is 19.7 Å². The number of fused-ring (bicyclic) bond motifs is 1. The second-order valence-electron chi connectivity index (χ2n) is 8.45. The van der Waals surface area contributed by atoms with E-state index in [4.69, 9.17) is 14.5 Å². The van der Waals surface area contributed by atoms with Crippen molar-refractivity contribution in [2.45, 2.75) is 56.7 Å². The van der Waals surface area contributed by atoms with Crippen LogP contribution in [0.15, 0.2) is 34.2 Å². The summed E-state index contributed by atoms with van der Waals surface area (Å²) >= 11 is 3.10. The number of nitrogens with zero attached hydrogens (tertiary/aromatic N) is 4. The van der Waals surface area contributed by atoms with Gasteiger partial charge in [-0.3, -0.25) is 9.36 Å². The van der Waals surface area contributed by atoms with Gasteiger partial charge in [0.2, 0.25) is 0 Å². The van der Waals surface area contributed by atoms with Gasteiger partial charge in [0.25, 0.3) is 5.56 Å². The van der Waals surface area contributed by atoms with Crippen molar-refractivity contribution in [3.63, 3.8) is 0 Å². The molecule has 0 saturated carbocycles. The Balaban J connectivity index is 1.48. The Morgan fingerprint density at radius 1 is 1.29 bits per heavy atom. The van der Waals surface area contributed by atoms with Crippen molar-refractivity contribution >= 4 is 33.3 Å². The minimum Gasteiger partial charge on any atom is -0.497 e. The van der Waals surface area contributed by atoms with Crippen LogP contribution < -0.4 is 10.3 Å². The predicted molar refractivity (Wildman–Crippen MR) is 135 cm³/mol. The van der Waals surface area contributed by atoms with Crippen LogP contribution in [-0.2, 0) is 11.3 Å². The van der Waals surface area contributed by atoms with E-state index in [0.29, 0.717) is 17.8 Å². The van der Waals surface area contributed by atoms with Crippen LogP contribution in [-0.4, -0.2) is 44.6 Å². The van der Waals surface area contributed by atoms with Gasteiger partial charge in [-0.05, 0) is 63.4 Å². The number of rotatable bonds is 7. The Labute approximate surface area is 205 Å². The molecule has 34 heavy (non-hydrogen) atoms. The number of aromatic amines is 1. The SMILES string of the molecule is COc1ccc(-c2nnc(S[C@H](C)c3nc4sc(C)c(C)c4c(=O)[nH]3)n2C[C@H]2CCCO2)cc1. The zero-order chi connectivity index (χ0) is 23.8. The summed E-state index contributed by atoms with van der Waals surface area (Å²) in [6.45, 7) is 7.48. The molecule has 0 unspecified atom stereocenters. The Morgan fingerprint density at radius 3 is 2.79 bits per heavy atom. The van der Waals surface area contributed by atoms with E-state index in [9.17, 15) is 4.79 Å². The average molecular weight is 498 g/mol. The molecule has 0 spiro atoms. The molecule has 1 saturated heterocycles. The molecule has 1 aliphatic heterocycles. The standard InChI is InChI=1S/C24H27N5O3S2/c1-13-14(2)33-23-19(13)22(30)25-20(26-23)15(3)34-24-28-27-21(16-7-9-17(31-4)10-8-16)29(24)12-18-6-5-11-32-18/h7-10,15,18H,5-6,11-12H2,1-4H3,(H,25,26,30)/t15-,18-/m1/s1. The second kappa shape index (κ2) is 9.52. The summed E-state index contributed by atoms with van der Waals surface area (Å²) in [4.78, 5) is 22.4. The monoisotopic (exact) mass is 497 g/mol. The van der Waals surface area contributed by atoms with Crippen LogP contribution >= 0.6 is 23.1 Å². The van der Waals surface area contributed by atoms with Gasteiger partial charge >= 0.3 is 0 Å². The van der Waals surface area contributed by atoms with Crippen molar-refractivity contribution < 1.29 is 9.47 Å². The lowest BCUT2D eigenvalue weighted by Gasteiger charge is -2.16. The van der Waals surface area contributed by atoms with Crippen molar-refractivity contribution in [3.8, 4) is 17.1 Å². The summed E-state index contributed by atoms with van der Waals surface area (Å²) in [6.07, 6.45) is 2.21. The number of hydrogen-bond acceptors (Lipinski definition) is 8. The number of aryl methyl sites for hydroxylation is 2. The van der Waals surface area contributed by atoms with E-state index in [-0.39, 0.29) is 16.9 Å². The fraction of sp³-hybridized carbons (Fsp3) is 0.417. The van der Waals surface area contributed by atoms with Crippen LogP contribution in [0.3, 0.4) is 0 Å². The van der Waals surface area contributed by atoms with Crippen LogP contribution in [0.25, 0.3) is 21.6 Å². The third-order valence-electron chi connectivity index (χ3n) is 6.20. The highest BCUT2D eigenvalue weighted by Crippen LogP contribution is 2.36. The molecule has 8 nitrogen and oxygen atoms in total. The van der Waals surface area contributed by atoms with Crippen molar-refractivity contribution in [2.24, 2.45) is 0 Å². The molecule has 1 aromatic carbocycles. The first kappa shape index (κ1) is 23.1. The van der Waals surface area contributed by atoms with Crippen LogP contribution in [0.5, 0.6) is 5.75 Å². The van der Waals surface area contributed by atoms with Gasteiger partial charge in [0.15, 0.2) is 11.0 Å². The van der Waals surface area contributed by atoms with Gasteiger partial charge in [0.1, 0.15) is 16.4 Å². The number of thiophene rings is 1. The first-order chi connectivity index (χ1) is 16.4. The molecule has 178 valence electrons. The van der Waals surface area contributed by atoms with E-state index in [1.54, 1.807) is 18.4 Å². The maximum Gasteiger partial charge on any atom is 0.259 e. The van der Waals surface area contributed by atoms with Gasteiger partial charge in [-0.2, -0.15) is 0 Å². The minimum absolute atomic E-state index is 0.0888. The summed E-state index contributed by atoms with van der Waals surface area (Å²) < 4.78 is 13.3. The number of ether oxygens (including phenoxy) is 2. The van der Waals surface area contributed by atoms with Crippen molar-refractivity contribution in [1.82, 2.24) is 24.7 Å². The molecule has 0 aliphatic carbocycles. The van der Waals surface area contributed by atoms with Gasteiger partial charge < -0.3 is 14.5 Å². The van der Waals surface area contributed by atoms with Crippen LogP contribution in [0.1, 0.15) is 41.3 Å². The number of hydrogen-bond donors (Lipinski definition) is 1. The lowest BCUT2D eigenvalue weighted by molar-refractivity contribution is 0.0953. The molecule has 5 rings (SSSR count). The van der Waals surface area contributed by atoms with Crippen LogP contribution in [0, 0.1) is 13.8 Å². The fourth-order valence-electron chi connectivity index (χ4n) is 4.16. The quantitative estimate of drug-likeness (QED) is 0.363. The predicted octanol–water partition coefficient (Wildman–Crippen LogP) is 4.90. The molecular formula is C24H27N5O3S2. The molecule has 0 amide bonds. The number of nitrogens with one attached hydrogen (secondary N) is 1. The second-order valence-corrected chi connectivity index (χ2v) is 11.0. The summed E-state index contributed by atoms with van der Waals surface area (Å²) in [7, 11) is 1.65. The minimum atomic E-state index is -0.115. The van der Waals surface area contributed by atoms with Gasteiger partial charge in [-0.1, -0.05) is 11.8 Å². The number of thioether (sulfide) groups is 1.